The van der Waals surface area contributed by atoms with Crippen molar-refractivity contribution in [3.63, 3.8) is 0 Å². The molecule has 0 aromatic carbocycles. The maximum absolute atomic E-state index is 12.9. The molecule has 0 fully saturated rings. The fourth-order valence-corrected chi connectivity index (χ4v) is 8.98. The Kier molecular flexibility index (Phi) is 54.9. The number of likely N-dealkylation sites (N-methyl/N-ethyl adjacent to an activating group) is 1. The largest absolute Gasteiger partial charge is 0.477 e. The van der Waals surface area contributed by atoms with Crippen molar-refractivity contribution >= 4 is 17.9 Å². The SMILES string of the molecule is CC/C=C\C/C=C\C/C=C\C/C=C\C/C=C\CCCCCC(=O)OC(COC(=O)CCCCCCCCCCCCCCCCCCCCCCCCCCCCCCCCC)COC(OCC[N+](C)(C)C)C(=O)O. The third kappa shape index (κ3) is 58.5. The number of ether oxygens (including phenoxy) is 4. The van der Waals surface area contributed by atoms with Crippen LogP contribution >= 0.6 is 0 Å². The number of carboxylic acid groups (broad SMARTS) is 1. The van der Waals surface area contributed by atoms with Crippen LogP contribution in [0, 0.1) is 0 Å². The van der Waals surface area contributed by atoms with Crippen LogP contribution < -0.4 is 0 Å². The van der Waals surface area contributed by atoms with Crippen LogP contribution in [-0.4, -0.2) is 87.4 Å². The van der Waals surface area contributed by atoms with Crippen molar-refractivity contribution in [2.75, 3.05) is 47.5 Å². The molecule has 0 bridgehead atoms. The summed E-state index contributed by atoms with van der Waals surface area (Å²) in [5, 5.41) is 9.71. The maximum atomic E-state index is 12.9. The Labute approximate surface area is 463 Å². The summed E-state index contributed by atoms with van der Waals surface area (Å²) in [5.41, 5.74) is 0. The summed E-state index contributed by atoms with van der Waals surface area (Å²) in [4.78, 5) is 37.4. The molecule has 0 heterocycles. The van der Waals surface area contributed by atoms with Gasteiger partial charge in [0.05, 0.1) is 34.4 Å². The van der Waals surface area contributed by atoms with Crippen molar-refractivity contribution in [1.82, 2.24) is 0 Å². The van der Waals surface area contributed by atoms with Crippen molar-refractivity contribution in [2.45, 2.75) is 296 Å². The van der Waals surface area contributed by atoms with E-state index in [1.807, 2.05) is 21.1 Å². The van der Waals surface area contributed by atoms with Crippen LogP contribution in [0.15, 0.2) is 60.8 Å². The monoisotopic (exact) mass is 1050 g/mol. The second-order valence-corrected chi connectivity index (χ2v) is 22.3. The van der Waals surface area contributed by atoms with Gasteiger partial charge in [0.15, 0.2) is 6.10 Å². The summed E-state index contributed by atoms with van der Waals surface area (Å²) in [6.07, 6.45) is 70.5. The van der Waals surface area contributed by atoms with E-state index in [9.17, 15) is 19.5 Å². The molecule has 0 amide bonds. The molecule has 0 saturated carbocycles. The first-order valence-corrected chi connectivity index (χ1v) is 31.5. The van der Waals surface area contributed by atoms with Gasteiger partial charge in [0.1, 0.15) is 13.2 Å². The molecule has 0 radical (unpaired) electrons. The minimum atomic E-state index is -1.52. The van der Waals surface area contributed by atoms with Gasteiger partial charge in [-0.2, -0.15) is 0 Å². The summed E-state index contributed by atoms with van der Waals surface area (Å²) in [6.45, 7) is 4.76. The molecule has 9 heteroatoms. The zero-order valence-electron chi connectivity index (χ0n) is 49.7. The third-order valence-electron chi connectivity index (χ3n) is 13.8. The Morgan fingerprint density at radius 3 is 1.13 bits per heavy atom. The van der Waals surface area contributed by atoms with E-state index in [4.69, 9.17) is 18.9 Å². The minimum absolute atomic E-state index is 0.180. The van der Waals surface area contributed by atoms with Crippen molar-refractivity contribution in [2.24, 2.45) is 0 Å². The van der Waals surface area contributed by atoms with Gasteiger partial charge in [0, 0.05) is 12.8 Å². The number of carboxylic acids is 1. The first-order chi connectivity index (χ1) is 36.6. The number of unbranched alkanes of at least 4 members (excludes halogenated alkanes) is 33. The van der Waals surface area contributed by atoms with E-state index in [-0.39, 0.29) is 32.2 Å². The lowest BCUT2D eigenvalue weighted by Crippen LogP contribution is -2.40. The molecule has 0 aromatic rings. The van der Waals surface area contributed by atoms with Gasteiger partial charge in [-0.3, -0.25) is 9.59 Å². The quantitative estimate of drug-likeness (QED) is 0.0211. The second-order valence-electron chi connectivity index (χ2n) is 22.3. The van der Waals surface area contributed by atoms with E-state index < -0.39 is 24.3 Å². The average Bonchev–Trinajstić information content (AvgIpc) is 3.38. The number of carbonyl (C=O) groups is 3. The Morgan fingerprint density at radius 1 is 0.413 bits per heavy atom. The summed E-state index contributed by atoms with van der Waals surface area (Å²) in [7, 11) is 5.96. The predicted octanol–water partition coefficient (Wildman–Crippen LogP) is 18.8. The van der Waals surface area contributed by atoms with Crippen LogP contribution in [-0.2, 0) is 33.3 Å². The second kappa shape index (κ2) is 57.2. The molecule has 0 spiro atoms. The molecule has 75 heavy (non-hydrogen) atoms. The molecule has 0 aliphatic heterocycles. The van der Waals surface area contributed by atoms with E-state index >= 15 is 0 Å². The first kappa shape index (κ1) is 72.0. The molecule has 0 rings (SSSR count). The predicted molar refractivity (Wildman–Crippen MR) is 318 cm³/mol. The van der Waals surface area contributed by atoms with Crippen molar-refractivity contribution in [3.05, 3.63) is 60.8 Å². The fraction of sp³-hybridized carbons (Fsp3) is 0.803. The van der Waals surface area contributed by atoms with Crippen LogP contribution in [0.5, 0.6) is 0 Å². The molecule has 9 nitrogen and oxygen atoms in total. The van der Waals surface area contributed by atoms with E-state index in [1.54, 1.807) is 0 Å². The number of hydrogen-bond donors (Lipinski definition) is 1. The maximum Gasteiger partial charge on any atom is 0.361 e. The molecule has 0 aliphatic carbocycles. The number of rotatable bonds is 58. The highest BCUT2D eigenvalue weighted by Crippen LogP contribution is 2.18. The number of carbonyl (C=O) groups excluding carboxylic acids is 2. The Morgan fingerprint density at radius 2 is 0.760 bits per heavy atom. The van der Waals surface area contributed by atoms with Gasteiger partial charge in [-0.1, -0.05) is 274 Å². The van der Waals surface area contributed by atoms with Crippen molar-refractivity contribution in [3.8, 4) is 0 Å². The average molecular weight is 1060 g/mol. The molecule has 0 saturated heterocycles. The summed E-state index contributed by atoms with van der Waals surface area (Å²) >= 11 is 0. The van der Waals surface area contributed by atoms with Crippen LogP contribution in [0.4, 0.5) is 0 Å². The van der Waals surface area contributed by atoms with Crippen molar-refractivity contribution < 1.29 is 42.9 Å². The van der Waals surface area contributed by atoms with Crippen LogP contribution in [0.1, 0.15) is 284 Å². The highest BCUT2D eigenvalue weighted by Gasteiger charge is 2.25. The fourth-order valence-electron chi connectivity index (χ4n) is 8.98. The smallest absolute Gasteiger partial charge is 0.361 e. The third-order valence-corrected chi connectivity index (χ3v) is 13.8. The number of aliphatic carboxylic acids is 1. The van der Waals surface area contributed by atoms with E-state index in [0.29, 0.717) is 23.9 Å². The molecule has 0 aliphatic rings. The molecule has 436 valence electrons. The first-order valence-electron chi connectivity index (χ1n) is 31.5. The number of quaternary nitrogens is 1. The Bertz CT molecular complexity index is 1410. The highest BCUT2D eigenvalue weighted by atomic mass is 16.7. The zero-order valence-corrected chi connectivity index (χ0v) is 49.7. The molecule has 1 N–H and O–H groups in total. The van der Waals surface area contributed by atoms with Gasteiger partial charge in [-0.15, -0.1) is 0 Å². The van der Waals surface area contributed by atoms with Gasteiger partial charge in [0.2, 0.25) is 0 Å². The standard InChI is InChI=1S/C66H119NO8/c1-6-8-10-12-14-16-18-20-22-24-26-27-28-29-30-31-32-33-34-35-36-37-39-40-42-44-46-48-50-52-54-56-63(68)73-60-62(61-74-66(65(70)71)72-59-58-67(3,4)5)75-64(69)57-55-53-51-49-47-45-43-41-38-25-23-21-19-17-15-13-11-9-7-2/h9,11,15,17,21,23,38,41,45,47,62,66H,6-8,10,12-14,16,18-20,22,24-37,39-40,42-44,46,48-61H2,1-5H3/p+1/b11-9-,17-15-,23-21-,41-38-,47-45-. The minimum Gasteiger partial charge on any atom is -0.477 e. The van der Waals surface area contributed by atoms with Gasteiger partial charge in [-0.25, -0.2) is 4.79 Å². The number of hydrogen-bond acceptors (Lipinski definition) is 7. The zero-order chi connectivity index (χ0) is 54.8. The lowest BCUT2D eigenvalue weighted by Gasteiger charge is -2.25. The van der Waals surface area contributed by atoms with Gasteiger partial charge in [0.25, 0.3) is 6.29 Å². The topological polar surface area (TPSA) is 108 Å². The van der Waals surface area contributed by atoms with Crippen LogP contribution in [0.2, 0.25) is 0 Å². The number of esters is 2. The molecular weight excluding hydrogens is 935 g/mol. The molecular formula is C66H120NO8+. The van der Waals surface area contributed by atoms with Crippen LogP contribution in [0.25, 0.3) is 0 Å². The van der Waals surface area contributed by atoms with E-state index in [2.05, 4.69) is 74.6 Å². The van der Waals surface area contributed by atoms with Gasteiger partial charge < -0.3 is 28.5 Å². The van der Waals surface area contributed by atoms with Gasteiger partial charge >= 0.3 is 17.9 Å². The summed E-state index contributed by atoms with van der Waals surface area (Å²) in [5.74, 6) is -2.04. The summed E-state index contributed by atoms with van der Waals surface area (Å²) in [6, 6.07) is 0. The molecule has 2 unspecified atom stereocenters. The molecule has 2 atom stereocenters. The van der Waals surface area contributed by atoms with E-state index in [0.717, 1.165) is 70.6 Å². The Balaban J connectivity index is 4.13. The Hall–Kier alpha value is -3.01. The van der Waals surface area contributed by atoms with Crippen molar-refractivity contribution in [1.29, 1.82) is 0 Å². The van der Waals surface area contributed by atoms with Crippen LogP contribution in [0.3, 0.4) is 0 Å². The number of allylic oxidation sites excluding steroid dienone is 10. The molecule has 0 aromatic heterocycles. The summed E-state index contributed by atoms with van der Waals surface area (Å²) < 4.78 is 22.9. The highest BCUT2D eigenvalue weighted by molar-refractivity contribution is 5.71. The van der Waals surface area contributed by atoms with E-state index in [1.165, 1.54) is 180 Å². The lowest BCUT2D eigenvalue weighted by molar-refractivity contribution is -0.870. The number of nitrogens with zero attached hydrogens (tertiary/aromatic N) is 1. The lowest BCUT2D eigenvalue weighted by atomic mass is 10.0. The normalized spacial score (nSPS) is 13.1. The van der Waals surface area contributed by atoms with Gasteiger partial charge in [-0.05, 0) is 57.8 Å².